The highest BCUT2D eigenvalue weighted by atomic mass is 16.5. The lowest BCUT2D eigenvalue weighted by Gasteiger charge is -2.28. The van der Waals surface area contributed by atoms with Gasteiger partial charge in [-0.25, -0.2) is 0 Å². The first-order chi connectivity index (χ1) is 9.68. The van der Waals surface area contributed by atoms with Crippen molar-refractivity contribution in [3.8, 4) is 5.75 Å². The summed E-state index contributed by atoms with van der Waals surface area (Å²) in [4.78, 5) is 0. The summed E-state index contributed by atoms with van der Waals surface area (Å²) in [5.74, 6) is 1.45. The monoisotopic (exact) mass is 291 g/mol. The minimum Gasteiger partial charge on any atom is -0.493 e. The Labute approximate surface area is 129 Å². The Balaban J connectivity index is 2.04. The summed E-state index contributed by atoms with van der Waals surface area (Å²) in [6, 6.07) is 8.50. The highest BCUT2D eigenvalue weighted by Gasteiger charge is 2.45. The molecular formula is C18H29NO2. The molecular weight excluding hydrogens is 262 g/mol. The third-order valence-electron chi connectivity index (χ3n) is 3.83. The van der Waals surface area contributed by atoms with Gasteiger partial charge in [-0.15, -0.1) is 0 Å². The van der Waals surface area contributed by atoms with Crippen molar-refractivity contribution in [2.75, 3.05) is 11.9 Å². The van der Waals surface area contributed by atoms with Gasteiger partial charge in [-0.1, -0.05) is 19.9 Å². The number of hydrogen-bond donors (Lipinski definition) is 1. The van der Waals surface area contributed by atoms with Gasteiger partial charge < -0.3 is 14.8 Å². The Kier molecular flexibility index (Phi) is 4.52. The Bertz CT molecular complexity index is 480. The number of nitrogens with one attached hydrogen (secondary N) is 1. The highest BCUT2D eigenvalue weighted by Crippen LogP contribution is 2.39. The lowest BCUT2D eigenvalue weighted by molar-refractivity contribution is -0.0662. The fourth-order valence-electron chi connectivity index (χ4n) is 2.93. The molecule has 0 aromatic heterocycles. The van der Waals surface area contributed by atoms with Gasteiger partial charge >= 0.3 is 0 Å². The van der Waals surface area contributed by atoms with E-state index in [1.807, 2.05) is 12.1 Å². The first-order valence-corrected chi connectivity index (χ1v) is 7.87. The van der Waals surface area contributed by atoms with Gasteiger partial charge in [0.05, 0.1) is 23.9 Å². The molecule has 1 aromatic carbocycles. The zero-order valence-electron chi connectivity index (χ0n) is 14.2. The van der Waals surface area contributed by atoms with Gasteiger partial charge in [-0.2, -0.15) is 0 Å². The molecule has 1 aliphatic heterocycles. The lowest BCUT2D eigenvalue weighted by atomic mass is 9.94. The van der Waals surface area contributed by atoms with Crippen LogP contribution in [-0.2, 0) is 4.74 Å². The molecule has 1 N–H and O–H groups in total. The molecule has 2 rings (SSSR count). The molecule has 3 nitrogen and oxygen atoms in total. The molecule has 1 aromatic rings. The molecule has 1 fully saturated rings. The van der Waals surface area contributed by atoms with Crippen LogP contribution in [0.15, 0.2) is 24.3 Å². The molecule has 0 spiro atoms. The molecule has 1 heterocycles. The molecule has 0 saturated carbocycles. The third kappa shape index (κ3) is 4.37. The minimum absolute atomic E-state index is 0.0765. The van der Waals surface area contributed by atoms with E-state index in [0.717, 1.165) is 24.5 Å². The van der Waals surface area contributed by atoms with Crippen molar-refractivity contribution in [1.82, 2.24) is 0 Å². The van der Waals surface area contributed by atoms with Crippen molar-refractivity contribution in [3.05, 3.63) is 24.3 Å². The van der Waals surface area contributed by atoms with Gasteiger partial charge in [0.2, 0.25) is 0 Å². The van der Waals surface area contributed by atoms with Crippen molar-refractivity contribution in [1.29, 1.82) is 0 Å². The Morgan fingerprint density at radius 1 is 1.29 bits per heavy atom. The molecule has 118 valence electrons. The minimum atomic E-state index is -0.168. The topological polar surface area (TPSA) is 30.5 Å². The third-order valence-corrected chi connectivity index (χ3v) is 3.83. The second-order valence-corrected chi connectivity index (χ2v) is 7.60. The summed E-state index contributed by atoms with van der Waals surface area (Å²) in [7, 11) is 0. The smallest absolute Gasteiger partial charge is 0.121 e. The normalized spacial score (nSPS) is 23.3. The standard InChI is InChI=1S/C18H29NO2/c1-13(2)12-20-15-9-7-8-14(10-15)19-16-11-17(3,4)21-18(16,5)6/h7-10,13,16,19H,11-12H2,1-6H3. The van der Waals surface area contributed by atoms with E-state index in [0.29, 0.717) is 12.0 Å². The number of benzene rings is 1. The van der Waals surface area contributed by atoms with Crippen LogP contribution in [0, 0.1) is 5.92 Å². The molecule has 0 radical (unpaired) electrons. The van der Waals surface area contributed by atoms with E-state index < -0.39 is 0 Å². The Morgan fingerprint density at radius 2 is 2.00 bits per heavy atom. The van der Waals surface area contributed by atoms with Crippen molar-refractivity contribution in [2.24, 2.45) is 5.92 Å². The number of rotatable bonds is 5. The van der Waals surface area contributed by atoms with Crippen LogP contribution in [-0.4, -0.2) is 23.9 Å². The molecule has 0 aliphatic carbocycles. The molecule has 3 heteroatoms. The molecule has 1 saturated heterocycles. The van der Waals surface area contributed by atoms with Gasteiger partial charge in [-0.3, -0.25) is 0 Å². The SMILES string of the molecule is CC(C)COc1cccc(NC2CC(C)(C)OC2(C)C)c1. The number of ether oxygens (including phenoxy) is 2. The molecule has 0 bridgehead atoms. The predicted molar refractivity (Wildman–Crippen MR) is 88.0 cm³/mol. The van der Waals surface area contributed by atoms with Gasteiger partial charge in [0.15, 0.2) is 0 Å². The lowest BCUT2D eigenvalue weighted by Crippen LogP contribution is -2.38. The highest BCUT2D eigenvalue weighted by molar-refractivity contribution is 5.49. The average molecular weight is 291 g/mol. The van der Waals surface area contributed by atoms with E-state index in [9.17, 15) is 0 Å². The van der Waals surface area contributed by atoms with E-state index in [1.54, 1.807) is 0 Å². The molecule has 1 unspecified atom stereocenters. The van der Waals surface area contributed by atoms with Crippen LogP contribution in [0.4, 0.5) is 5.69 Å². The van der Waals surface area contributed by atoms with Gasteiger partial charge in [0.1, 0.15) is 5.75 Å². The fraction of sp³-hybridized carbons (Fsp3) is 0.667. The average Bonchev–Trinajstić information content (AvgIpc) is 2.55. The van der Waals surface area contributed by atoms with Crippen LogP contribution < -0.4 is 10.1 Å². The summed E-state index contributed by atoms with van der Waals surface area (Å²) >= 11 is 0. The number of anilines is 1. The van der Waals surface area contributed by atoms with E-state index in [-0.39, 0.29) is 11.2 Å². The molecule has 1 aliphatic rings. The first-order valence-electron chi connectivity index (χ1n) is 7.87. The maximum Gasteiger partial charge on any atom is 0.121 e. The maximum atomic E-state index is 6.14. The van der Waals surface area contributed by atoms with Gasteiger partial charge in [0.25, 0.3) is 0 Å². The van der Waals surface area contributed by atoms with E-state index in [2.05, 4.69) is 59.0 Å². The second kappa shape index (κ2) is 5.88. The quantitative estimate of drug-likeness (QED) is 0.867. The van der Waals surface area contributed by atoms with Crippen LogP contribution >= 0.6 is 0 Å². The summed E-state index contributed by atoms with van der Waals surface area (Å²) in [6.45, 7) is 13.7. The summed E-state index contributed by atoms with van der Waals surface area (Å²) < 4.78 is 11.9. The zero-order chi connectivity index (χ0) is 15.7. The van der Waals surface area contributed by atoms with Crippen molar-refractivity contribution in [2.45, 2.75) is 65.2 Å². The molecule has 0 amide bonds. The van der Waals surface area contributed by atoms with Crippen LogP contribution in [0.2, 0.25) is 0 Å². The van der Waals surface area contributed by atoms with E-state index >= 15 is 0 Å². The first kappa shape index (κ1) is 16.2. The van der Waals surface area contributed by atoms with Crippen molar-refractivity contribution < 1.29 is 9.47 Å². The molecule has 21 heavy (non-hydrogen) atoms. The zero-order valence-corrected chi connectivity index (χ0v) is 14.2. The van der Waals surface area contributed by atoms with Crippen LogP contribution in [0.25, 0.3) is 0 Å². The van der Waals surface area contributed by atoms with E-state index in [1.165, 1.54) is 0 Å². The second-order valence-electron chi connectivity index (χ2n) is 7.60. The Hall–Kier alpha value is -1.22. The van der Waals surface area contributed by atoms with Gasteiger partial charge in [0, 0.05) is 11.8 Å². The maximum absolute atomic E-state index is 6.14. The van der Waals surface area contributed by atoms with Crippen molar-refractivity contribution in [3.63, 3.8) is 0 Å². The summed E-state index contributed by atoms with van der Waals surface area (Å²) in [5, 5.41) is 3.61. The van der Waals surface area contributed by atoms with Crippen LogP contribution in [0.3, 0.4) is 0 Å². The van der Waals surface area contributed by atoms with Crippen LogP contribution in [0.1, 0.15) is 48.0 Å². The van der Waals surface area contributed by atoms with E-state index in [4.69, 9.17) is 9.47 Å². The summed E-state index contributed by atoms with van der Waals surface area (Å²) in [5.41, 5.74) is 0.848. The fourth-order valence-corrected chi connectivity index (χ4v) is 2.93. The Morgan fingerprint density at radius 3 is 2.57 bits per heavy atom. The predicted octanol–water partition coefficient (Wildman–Crippen LogP) is 4.48. The summed E-state index contributed by atoms with van der Waals surface area (Å²) in [6.07, 6.45) is 0.997. The van der Waals surface area contributed by atoms with Crippen LogP contribution in [0.5, 0.6) is 5.75 Å². The largest absolute Gasteiger partial charge is 0.493 e. The van der Waals surface area contributed by atoms with Gasteiger partial charge in [-0.05, 0) is 52.2 Å². The number of hydrogen-bond acceptors (Lipinski definition) is 3. The van der Waals surface area contributed by atoms with Crippen molar-refractivity contribution >= 4 is 5.69 Å². The molecule has 1 atom stereocenters.